The summed E-state index contributed by atoms with van der Waals surface area (Å²) in [6, 6.07) is 10.4. The summed E-state index contributed by atoms with van der Waals surface area (Å²) in [5.41, 5.74) is 1.22. The first kappa shape index (κ1) is 16.4. The molecule has 0 radical (unpaired) electrons. The Morgan fingerprint density at radius 2 is 2.00 bits per heavy atom. The molecule has 0 heterocycles. The second-order valence-electron chi connectivity index (χ2n) is 6.85. The number of aliphatic hydroxyl groups excluding tert-OH is 1. The van der Waals surface area contributed by atoms with Crippen LogP contribution in [0.1, 0.15) is 45.6 Å². The smallest absolute Gasteiger partial charge is 0.429 e. The molecule has 1 aliphatic carbocycles. The third-order valence-electron chi connectivity index (χ3n) is 4.94. The van der Waals surface area contributed by atoms with E-state index in [-0.39, 0.29) is 17.5 Å². The van der Waals surface area contributed by atoms with Gasteiger partial charge in [-0.2, -0.15) is 0 Å². The lowest BCUT2D eigenvalue weighted by atomic mass is 9.64. The molecule has 1 N–H and O–H groups in total. The van der Waals surface area contributed by atoms with E-state index in [4.69, 9.17) is 10.1 Å². The molecule has 22 heavy (non-hydrogen) atoms. The van der Waals surface area contributed by atoms with Crippen molar-refractivity contribution >= 4 is 0 Å². The lowest BCUT2D eigenvalue weighted by Gasteiger charge is -2.43. The van der Waals surface area contributed by atoms with Gasteiger partial charge >= 0.3 is 12.1 Å². The zero-order valence-electron chi connectivity index (χ0n) is 13.6. The lowest BCUT2D eigenvalue weighted by molar-refractivity contribution is -0.0507. The highest BCUT2D eigenvalue weighted by Crippen LogP contribution is 2.43. The van der Waals surface area contributed by atoms with Gasteiger partial charge in [0, 0.05) is 5.92 Å². The van der Waals surface area contributed by atoms with Crippen molar-refractivity contribution < 1.29 is 9.84 Å². The summed E-state index contributed by atoms with van der Waals surface area (Å²) in [5, 5.41) is 18.3. The molecule has 1 aromatic rings. The van der Waals surface area contributed by atoms with Crippen LogP contribution in [0.4, 0.5) is 0 Å². The Labute approximate surface area is 132 Å². The maximum Gasteiger partial charge on any atom is 0.429 e. The quantitative estimate of drug-likeness (QED) is 0.629. The van der Waals surface area contributed by atoms with Crippen molar-refractivity contribution in [1.82, 2.24) is 0 Å². The van der Waals surface area contributed by atoms with Crippen molar-refractivity contribution in [2.75, 3.05) is 0 Å². The monoisotopic (exact) mass is 301 g/mol. The second kappa shape index (κ2) is 6.83. The summed E-state index contributed by atoms with van der Waals surface area (Å²) >= 11 is 0. The molecule has 0 aromatic heterocycles. The van der Waals surface area contributed by atoms with Gasteiger partial charge in [-0.3, -0.25) is 0 Å². The normalized spacial score (nSPS) is 26.3. The molecule has 1 aliphatic rings. The van der Waals surface area contributed by atoms with Crippen LogP contribution in [0.3, 0.4) is 0 Å². The molecule has 3 atom stereocenters. The van der Waals surface area contributed by atoms with Gasteiger partial charge < -0.3 is 9.84 Å². The molecule has 0 unspecified atom stereocenters. The summed E-state index contributed by atoms with van der Waals surface area (Å²) < 4.78 is 5.69. The van der Waals surface area contributed by atoms with Gasteiger partial charge in [-0.1, -0.05) is 57.5 Å². The van der Waals surface area contributed by atoms with Crippen molar-refractivity contribution in [3.05, 3.63) is 53.0 Å². The SMILES string of the molecule is C[C@@H]1CC[C@@H](C(C)(C)c2ccccc2)[C@H](O/C(O)=C/[N+]#N)C1. The van der Waals surface area contributed by atoms with E-state index in [1.807, 2.05) is 6.07 Å². The Balaban J connectivity index is 2.25. The largest absolute Gasteiger partial charge is 0.476 e. The minimum Gasteiger partial charge on any atom is -0.476 e. The van der Waals surface area contributed by atoms with E-state index < -0.39 is 0 Å². The van der Waals surface area contributed by atoms with Crippen molar-refractivity contribution in [2.45, 2.75) is 51.6 Å². The minimum absolute atomic E-state index is 0.0529. The highest BCUT2D eigenvalue weighted by Gasteiger charge is 2.41. The summed E-state index contributed by atoms with van der Waals surface area (Å²) in [4.78, 5) is 2.83. The summed E-state index contributed by atoms with van der Waals surface area (Å²) in [7, 11) is 0. The maximum atomic E-state index is 9.73. The third-order valence-corrected chi connectivity index (χ3v) is 4.94. The van der Waals surface area contributed by atoms with Crippen LogP contribution in [0, 0.1) is 17.2 Å². The first-order valence-electron chi connectivity index (χ1n) is 7.90. The molecule has 0 aliphatic heterocycles. The number of hydrogen-bond donors (Lipinski definition) is 1. The van der Waals surface area contributed by atoms with Gasteiger partial charge in [0.15, 0.2) is 4.98 Å². The van der Waals surface area contributed by atoms with Gasteiger partial charge in [-0.15, -0.1) is 0 Å². The van der Waals surface area contributed by atoms with Crippen LogP contribution in [0.15, 0.2) is 42.5 Å². The molecular weight excluding hydrogens is 276 g/mol. The highest BCUT2D eigenvalue weighted by atomic mass is 16.6. The first-order valence-corrected chi connectivity index (χ1v) is 7.90. The molecule has 0 amide bonds. The van der Waals surface area contributed by atoms with Crippen LogP contribution in [0.5, 0.6) is 0 Å². The number of benzene rings is 1. The lowest BCUT2D eigenvalue weighted by Crippen LogP contribution is -2.42. The minimum atomic E-state index is -0.324. The fourth-order valence-electron chi connectivity index (χ4n) is 3.60. The summed E-state index contributed by atoms with van der Waals surface area (Å²) in [6.45, 7) is 6.67. The zero-order valence-corrected chi connectivity index (χ0v) is 13.6. The van der Waals surface area contributed by atoms with E-state index in [0.29, 0.717) is 11.8 Å². The molecule has 118 valence electrons. The number of aliphatic hydroxyl groups is 1. The molecule has 0 spiro atoms. The van der Waals surface area contributed by atoms with Gasteiger partial charge in [-0.05, 0) is 29.7 Å². The summed E-state index contributed by atoms with van der Waals surface area (Å²) in [5.74, 6) is 0.530. The predicted octanol–water partition coefficient (Wildman–Crippen LogP) is 5.00. The number of hydrogen-bond acceptors (Lipinski definition) is 3. The fraction of sp³-hybridized carbons (Fsp3) is 0.556. The van der Waals surface area contributed by atoms with Gasteiger partial charge in [0.1, 0.15) is 6.10 Å². The Morgan fingerprint density at radius 3 is 2.64 bits per heavy atom. The Kier molecular flexibility index (Phi) is 5.07. The third kappa shape index (κ3) is 3.59. The molecule has 0 bridgehead atoms. The second-order valence-corrected chi connectivity index (χ2v) is 6.85. The van der Waals surface area contributed by atoms with E-state index in [9.17, 15) is 5.11 Å². The number of diazo groups is 1. The Morgan fingerprint density at radius 1 is 1.32 bits per heavy atom. The Bertz CT molecular complexity index is 560. The van der Waals surface area contributed by atoms with Gasteiger partial charge in [0.2, 0.25) is 5.39 Å². The van der Waals surface area contributed by atoms with E-state index in [0.717, 1.165) is 25.5 Å². The predicted molar refractivity (Wildman–Crippen MR) is 86.6 cm³/mol. The molecular formula is C18H25N2O2+. The standard InChI is InChI=1S/C18H24N2O2/c1-13-9-10-15(16(11-13)22-17(21)12-20-19)18(2,3)14-7-5-4-6-8-14/h4-8,12-13,15-16H,9-11H2,1-3H3/p+1/b17-12+/t13-,15-,16-/m1/s1. The van der Waals surface area contributed by atoms with Crippen molar-refractivity contribution in [2.24, 2.45) is 11.8 Å². The highest BCUT2D eigenvalue weighted by molar-refractivity contribution is 5.25. The Hall–Kier alpha value is -2.02. The van der Waals surface area contributed by atoms with E-state index >= 15 is 0 Å². The molecule has 2 rings (SSSR count). The van der Waals surface area contributed by atoms with Crippen molar-refractivity contribution in [3.63, 3.8) is 0 Å². The molecule has 1 saturated carbocycles. The summed E-state index contributed by atoms with van der Waals surface area (Å²) in [6.07, 6.45) is 3.96. The van der Waals surface area contributed by atoms with E-state index in [1.54, 1.807) is 0 Å². The molecule has 0 saturated heterocycles. The van der Waals surface area contributed by atoms with Crippen LogP contribution in [0.2, 0.25) is 0 Å². The molecule has 1 aromatic carbocycles. The van der Waals surface area contributed by atoms with Crippen molar-refractivity contribution in [1.29, 1.82) is 5.39 Å². The molecule has 4 nitrogen and oxygen atoms in total. The average molecular weight is 301 g/mol. The van der Waals surface area contributed by atoms with Crippen LogP contribution in [-0.2, 0) is 10.2 Å². The van der Waals surface area contributed by atoms with Gasteiger partial charge in [0.05, 0.1) is 0 Å². The van der Waals surface area contributed by atoms with E-state index in [2.05, 4.69) is 50.0 Å². The number of nitrogens with zero attached hydrogens (tertiary/aromatic N) is 2. The van der Waals surface area contributed by atoms with Crippen LogP contribution >= 0.6 is 0 Å². The van der Waals surface area contributed by atoms with Crippen LogP contribution in [0.25, 0.3) is 4.98 Å². The zero-order chi connectivity index (χ0) is 16.2. The number of rotatable bonds is 4. The van der Waals surface area contributed by atoms with Gasteiger partial charge in [0.25, 0.3) is 0 Å². The molecule has 4 heteroatoms. The van der Waals surface area contributed by atoms with Crippen LogP contribution < -0.4 is 0 Å². The van der Waals surface area contributed by atoms with E-state index in [1.165, 1.54) is 5.56 Å². The maximum absolute atomic E-state index is 9.73. The number of ether oxygens (including phenoxy) is 1. The topological polar surface area (TPSA) is 57.6 Å². The van der Waals surface area contributed by atoms with Gasteiger partial charge in [-0.25, -0.2) is 0 Å². The average Bonchev–Trinajstić information content (AvgIpc) is 2.48. The van der Waals surface area contributed by atoms with Crippen molar-refractivity contribution in [3.8, 4) is 0 Å². The fourth-order valence-corrected chi connectivity index (χ4v) is 3.60. The first-order chi connectivity index (χ1) is 10.4. The van der Waals surface area contributed by atoms with Crippen LogP contribution in [-0.4, -0.2) is 11.2 Å². The molecule has 1 fully saturated rings.